The van der Waals surface area contributed by atoms with Gasteiger partial charge in [0.1, 0.15) is 5.82 Å². The maximum atomic E-state index is 13.7. The van der Waals surface area contributed by atoms with Crippen molar-refractivity contribution in [2.45, 2.75) is 19.6 Å². The van der Waals surface area contributed by atoms with E-state index < -0.39 is 17.8 Å². The Hall–Kier alpha value is -2.58. The van der Waals surface area contributed by atoms with Crippen molar-refractivity contribution in [1.82, 2.24) is 15.0 Å². The summed E-state index contributed by atoms with van der Waals surface area (Å²) in [6.07, 6.45) is 0.682. The quantitative estimate of drug-likeness (QED) is 0.744. The zero-order chi connectivity index (χ0) is 17.1. The predicted octanol–water partition coefficient (Wildman–Crippen LogP) is 2.77. The van der Waals surface area contributed by atoms with Crippen LogP contribution in [0.5, 0.6) is 0 Å². The van der Waals surface area contributed by atoms with E-state index in [1.54, 1.807) is 13.0 Å². The second-order valence-corrected chi connectivity index (χ2v) is 6.12. The van der Waals surface area contributed by atoms with E-state index in [0.717, 1.165) is 11.1 Å². The lowest BCUT2D eigenvalue weighted by molar-refractivity contribution is 0.102. The molecular weight excluding hydrogens is 331 g/mol. The first-order valence-electron chi connectivity index (χ1n) is 7.21. The third-order valence-electron chi connectivity index (χ3n) is 3.43. The van der Waals surface area contributed by atoms with Gasteiger partial charge >= 0.3 is 0 Å². The Kier molecular flexibility index (Phi) is 4.68. The maximum absolute atomic E-state index is 13.7. The number of thiophene rings is 1. The summed E-state index contributed by atoms with van der Waals surface area (Å²) >= 11 is 1.49. The number of hydrogen-bond donors (Lipinski definition) is 2. The molecule has 24 heavy (non-hydrogen) atoms. The lowest BCUT2D eigenvalue weighted by Gasteiger charge is -2.07. The van der Waals surface area contributed by atoms with E-state index in [2.05, 4.69) is 15.6 Å². The Labute approximate surface area is 141 Å². The molecule has 0 saturated carbocycles. The summed E-state index contributed by atoms with van der Waals surface area (Å²) in [4.78, 5) is 12.2. The number of hydrogen-bond acceptors (Lipinski definition) is 5. The van der Waals surface area contributed by atoms with Gasteiger partial charge in [-0.15, -0.1) is 5.10 Å². The molecule has 3 aromatic rings. The van der Waals surface area contributed by atoms with Crippen LogP contribution in [0.3, 0.4) is 0 Å². The Balaban J connectivity index is 1.68. The Morgan fingerprint density at radius 3 is 3.04 bits per heavy atom. The van der Waals surface area contributed by atoms with Gasteiger partial charge in [0.05, 0.1) is 24.5 Å². The molecule has 2 aromatic heterocycles. The molecule has 3 rings (SSSR count). The van der Waals surface area contributed by atoms with Crippen LogP contribution >= 0.6 is 11.3 Å². The molecule has 1 atom stereocenters. The van der Waals surface area contributed by atoms with Crippen molar-refractivity contribution in [1.29, 1.82) is 0 Å². The number of amides is 1. The largest absolute Gasteiger partial charge is 0.386 e. The number of aryl methyl sites for hydroxylation is 1. The second kappa shape index (κ2) is 6.90. The van der Waals surface area contributed by atoms with Crippen molar-refractivity contribution < 1.29 is 14.3 Å². The highest BCUT2D eigenvalue weighted by Crippen LogP contribution is 2.18. The Bertz CT molecular complexity index is 848. The Morgan fingerprint density at radius 1 is 1.46 bits per heavy atom. The van der Waals surface area contributed by atoms with E-state index in [4.69, 9.17) is 0 Å². The molecule has 0 fully saturated rings. The van der Waals surface area contributed by atoms with Crippen LogP contribution in [0.15, 0.2) is 41.2 Å². The van der Waals surface area contributed by atoms with Gasteiger partial charge in [0, 0.05) is 0 Å². The fourth-order valence-electron chi connectivity index (χ4n) is 2.16. The minimum Gasteiger partial charge on any atom is -0.386 e. The molecule has 2 heterocycles. The zero-order valence-corrected chi connectivity index (χ0v) is 13.6. The number of aliphatic hydroxyl groups excluding tert-OH is 1. The van der Waals surface area contributed by atoms with Gasteiger partial charge in [-0.05, 0) is 47.0 Å². The lowest BCUT2D eigenvalue weighted by atomic mass is 10.2. The van der Waals surface area contributed by atoms with Gasteiger partial charge < -0.3 is 10.4 Å². The third-order valence-corrected chi connectivity index (χ3v) is 4.13. The first kappa shape index (κ1) is 16.3. The van der Waals surface area contributed by atoms with E-state index in [-0.39, 0.29) is 17.9 Å². The molecule has 1 aromatic carbocycles. The summed E-state index contributed by atoms with van der Waals surface area (Å²) in [5, 5.41) is 23.9. The molecule has 1 amide bonds. The number of nitrogens with one attached hydrogen (secondary N) is 1. The zero-order valence-electron chi connectivity index (χ0n) is 12.8. The first-order valence-corrected chi connectivity index (χ1v) is 8.15. The molecule has 0 saturated heterocycles. The number of benzene rings is 1. The van der Waals surface area contributed by atoms with Crippen LogP contribution in [0.4, 0.5) is 10.1 Å². The number of nitrogens with zero attached hydrogens (tertiary/aromatic N) is 3. The highest BCUT2D eigenvalue weighted by atomic mass is 32.1. The van der Waals surface area contributed by atoms with Gasteiger partial charge in [-0.3, -0.25) is 4.79 Å². The monoisotopic (exact) mass is 346 g/mol. The van der Waals surface area contributed by atoms with Crippen LogP contribution in [0.25, 0.3) is 0 Å². The number of rotatable bonds is 5. The fraction of sp³-hybridized carbons (Fsp3) is 0.188. The highest BCUT2D eigenvalue weighted by molar-refractivity contribution is 7.07. The van der Waals surface area contributed by atoms with Gasteiger partial charge in [-0.25, -0.2) is 9.07 Å². The van der Waals surface area contributed by atoms with E-state index in [1.807, 2.05) is 16.8 Å². The topological polar surface area (TPSA) is 80.0 Å². The predicted molar refractivity (Wildman–Crippen MR) is 88.4 cm³/mol. The first-order chi connectivity index (χ1) is 11.5. The van der Waals surface area contributed by atoms with E-state index in [9.17, 15) is 14.3 Å². The average Bonchev–Trinajstić information content (AvgIpc) is 3.22. The normalized spacial score (nSPS) is 12.1. The second-order valence-electron chi connectivity index (χ2n) is 5.34. The van der Waals surface area contributed by atoms with Gasteiger partial charge in [0.2, 0.25) is 0 Å². The molecular formula is C16H15FN4O2S. The summed E-state index contributed by atoms with van der Waals surface area (Å²) in [7, 11) is 0. The van der Waals surface area contributed by atoms with Crippen molar-refractivity contribution in [3.63, 3.8) is 0 Å². The summed E-state index contributed by atoms with van der Waals surface area (Å²) < 4.78 is 15.1. The van der Waals surface area contributed by atoms with Crippen molar-refractivity contribution >= 4 is 22.9 Å². The molecule has 124 valence electrons. The summed E-state index contributed by atoms with van der Waals surface area (Å²) in [6, 6.07) is 6.27. The number of aromatic nitrogens is 3. The standard InChI is InChI=1S/C16H15FN4O2S/c1-10-2-3-12(17)13(6-10)18-16(23)14-7-21(20-19-14)8-15(22)11-4-5-24-9-11/h2-7,9,15,22H,8H2,1H3,(H,18,23)/t15-/m1/s1. The number of carbonyl (C=O) groups excluding carboxylic acids is 1. The molecule has 8 heteroatoms. The van der Waals surface area contributed by atoms with Crippen LogP contribution in [0.1, 0.15) is 27.7 Å². The number of anilines is 1. The van der Waals surface area contributed by atoms with Crippen LogP contribution in [-0.2, 0) is 6.54 Å². The van der Waals surface area contributed by atoms with E-state index >= 15 is 0 Å². The van der Waals surface area contributed by atoms with E-state index in [0.29, 0.717) is 0 Å². The van der Waals surface area contributed by atoms with Gasteiger partial charge in [0.25, 0.3) is 5.91 Å². The fourth-order valence-corrected chi connectivity index (χ4v) is 2.87. The van der Waals surface area contributed by atoms with Crippen molar-refractivity contribution in [2.75, 3.05) is 5.32 Å². The van der Waals surface area contributed by atoms with Gasteiger partial charge in [-0.1, -0.05) is 11.3 Å². The summed E-state index contributed by atoms with van der Waals surface area (Å²) in [6.45, 7) is 1.98. The van der Waals surface area contributed by atoms with Gasteiger partial charge in [-0.2, -0.15) is 11.3 Å². The minimum atomic E-state index is -0.733. The van der Waals surface area contributed by atoms with Crippen LogP contribution in [-0.4, -0.2) is 26.0 Å². The average molecular weight is 346 g/mol. The number of carbonyl (C=O) groups is 1. The molecule has 0 radical (unpaired) electrons. The van der Waals surface area contributed by atoms with E-state index in [1.165, 1.54) is 34.3 Å². The summed E-state index contributed by atoms with van der Waals surface area (Å²) in [5.74, 6) is -1.08. The van der Waals surface area contributed by atoms with Crippen LogP contribution in [0, 0.1) is 12.7 Å². The smallest absolute Gasteiger partial charge is 0.277 e. The molecule has 2 N–H and O–H groups in total. The number of halogens is 1. The molecule has 0 aliphatic carbocycles. The maximum Gasteiger partial charge on any atom is 0.277 e. The minimum absolute atomic E-state index is 0.0495. The SMILES string of the molecule is Cc1ccc(F)c(NC(=O)c2cn(C[C@@H](O)c3ccsc3)nn2)c1. The van der Waals surface area contributed by atoms with Crippen molar-refractivity contribution in [3.05, 3.63) is 63.9 Å². The van der Waals surface area contributed by atoms with Crippen LogP contribution < -0.4 is 5.32 Å². The highest BCUT2D eigenvalue weighted by Gasteiger charge is 2.15. The molecule has 6 nitrogen and oxygen atoms in total. The van der Waals surface area contributed by atoms with Crippen LogP contribution in [0.2, 0.25) is 0 Å². The molecule has 0 bridgehead atoms. The van der Waals surface area contributed by atoms with Crippen molar-refractivity contribution in [2.24, 2.45) is 0 Å². The summed E-state index contributed by atoms with van der Waals surface area (Å²) in [5.41, 5.74) is 1.75. The molecule has 0 aliphatic rings. The van der Waals surface area contributed by atoms with Crippen molar-refractivity contribution in [3.8, 4) is 0 Å². The molecule has 0 unspecified atom stereocenters. The molecule has 0 spiro atoms. The number of aliphatic hydroxyl groups is 1. The molecule has 0 aliphatic heterocycles. The third kappa shape index (κ3) is 3.66. The lowest BCUT2D eigenvalue weighted by Crippen LogP contribution is -2.13. The van der Waals surface area contributed by atoms with Gasteiger partial charge in [0.15, 0.2) is 5.69 Å². The Morgan fingerprint density at radius 2 is 2.29 bits per heavy atom.